The summed E-state index contributed by atoms with van der Waals surface area (Å²) >= 11 is 6.03. The van der Waals surface area contributed by atoms with E-state index in [2.05, 4.69) is 12.2 Å². The topological polar surface area (TPSA) is 29.1 Å². The highest BCUT2D eigenvalue weighted by atomic mass is 35.5. The molecule has 0 aliphatic carbocycles. The summed E-state index contributed by atoms with van der Waals surface area (Å²) in [5, 5.41) is 3.96. The average molecular weight is 238 g/mol. The van der Waals surface area contributed by atoms with Crippen molar-refractivity contribution in [1.29, 1.82) is 0 Å². The third-order valence-corrected chi connectivity index (χ3v) is 3.73. The van der Waals surface area contributed by atoms with Gasteiger partial charge in [0.15, 0.2) is 5.78 Å². The predicted molar refractivity (Wildman–Crippen MR) is 66.1 cm³/mol. The fourth-order valence-electron chi connectivity index (χ4n) is 2.18. The molecule has 2 nitrogen and oxygen atoms in total. The monoisotopic (exact) mass is 237 g/mol. The maximum absolute atomic E-state index is 12.2. The van der Waals surface area contributed by atoms with E-state index in [9.17, 15) is 4.79 Å². The average Bonchev–Trinajstić information content (AvgIpc) is 2.67. The van der Waals surface area contributed by atoms with Gasteiger partial charge in [-0.15, -0.1) is 0 Å². The minimum Gasteiger partial charge on any atom is -0.313 e. The molecule has 1 N–H and O–H groups in total. The summed E-state index contributed by atoms with van der Waals surface area (Å²) in [7, 11) is 0. The van der Waals surface area contributed by atoms with Crippen molar-refractivity contribution < 1.29 is 4.79 Å². The van der Waals surface area contributed by atoms with Gasteiger partial charge in [0.2, 0.25) is 0 Å². The van der Waals surface area contributed by atoms with Crippen molar-refractivity contribution in [2.24, 2.45) is 5.92 Å². The van der Waals surface area contributed by atoms with Gasteiger partial charge in [0.1, 0.15) is 0 Å². The van der Waals surface area contributed by atoms with Gasteiger partial charge in [0.25, 0.3) is 0 Å². The van der Waals surface area contributed by atoms with E-state index in [1.807, 2.05) is 19.1 Å². The van der Waals surface area contributed by atoms with Crippen molar-refractivity contribution in [3.8, 4) is 0 Å². The second kappa shape index (κ2) is 4.56. The van der Waals surface area contributed by atoms with Crippen molar-refractivity contribution in [2.75, 3.05) is 6.54 Å². The summed E-state index contributed by atoms with van der Waals surface area (Å²) in [6, 6.07) is 5.83. The van der Waals surface area contributed by atoms with Crippen molar-refractivity contribution in [2.45, 2.75) is 26.3 Å². The minimum atomic E-state index is 0.0961. The Morgan fingerprint density at radius 1 is 1.50 bits per heavy atom. The SMILES string of the molecule is Cc1ccc(C(=O)C2CCNC2C)cc1Cl. The first kappa shape index (κ1) is 11.6. The number of ketones is 1. The van der Waals surface area contributed by atoms with Crippen LogP contribution in [0.25, 0.3) is 0 Å². The lowest BCUT2D eigenvalue weighted by molar-refractivity contribution is 0.0914. The molecule has 2 atom stereocenters. The fraction of sp³-hybridized carbons (Fsp3) is 0.462. The molecule has 2 rings (SSSR count). The number of benzene rings is 1. The summed E-state index contributed by atoms with van der Waals surface area (Å²) in [4.78, 5) is 12.2. The summed E-state index contributed by atoms with van der Waals surface area (Å²) < 4.78 is 0. The summed E-state index contributed by atoms with van der Waals surface area (Å²) in [5.74, 6) is 0.304. The first-order valence-corrected chi connectivity index (χ1v) is 6.01. The summed E-state index contributed by atoms with van der Waals surface area (Å²) in [6.07, 6.45) is 0.922. The van der Waals surface area contributed by atoms with E-state index in [4.69, 9.17) is 11.6 Å². The largest absolute Gasteiger partial charge is 0.313 e. The molecular weight excluding hydrogens is 222 g/mol. The van der Waals surface area contributed by atoms with Crippen LogP contribution in [0.1, 0.15) is 29.3 Å². The third-order valence-electron chi connectivity index (χ3n) is 3.32. The molecule has 1 aromatic carbocycles. The van der Waals surface area contributed by atoms with Gasteiger partial charge in [-0.2, -0.15) is 0 Å². The molecule has 2 unspecified atom stereocenters. The number of hydrogen-bond acceptors (Lipinski definition) is 2. The standard InChI is InChI=1S/C13H16ClNO/c1-8-3-4-10(7-12(8)14)13(16)11-5-6-15-9(11)2/h3-4,7,9,11,15H,5-6H2,1-2H3. The Morgan fingerprint density at radius 3 is 2.81 bits per heavy atom. The lowest BCUT2D eigenvalue weighted by atomic mass is 9.92. The van der Waals surface area contributed by atoms with Gasteiger partial charge in [0, 0.05) is 22.5 Å². The molecule has 0 spiro atoms. The molecular formula is C13H16ClNO. The number of carbonyl (C=O) groups excluding carboxylic acids is 1. The maximum atomic E-state index is 12.2. The van der Waals surface area contributed by atoms with E-state index >= 15 is 0 Å². The molecule has 86 valence electrons. The Morgan fingerprint density at radius 2 is 2.25 bits per heavy atom. The Kier molecular flexibility index (Phi) is 3.31. The number of hydrogen-bond donors (Lipinski definition) is 1. The molecule has 1 saturated heterocycles. The van der Waals surface area contributed by atoms with Gasteiger partial charge in [-0.3, -0.25) is 4.79 Å². The Labute approximate surface area is 101 Å². The van der Waals surface area contributed by atoms with E-state index in [1.165, 1.54) is 0 Å². The smallest absolute Gasteiger partial charge is 0.167 e. The van der Waals surface area contributed by atoms with Crippen LogP contribution in [-0.2, 0) is 0 Å². The zero-order valence-corrected chi connectivity index (χ0v) is 10.3. The second-order valence-electron chi connectivity index (χ2n) is 4.47. The zero-order valence-electron chi connectivity index (χ0n) is 9.59. The van der Waals surface area contributed by atoms with E-state index in [0.29, 0.717) is 5.02 Å². The predicted octanol–water partition coefficient (Wildman–Crippen LogP) is 2.83. The van der Waals surface area contributed by atoms with Gasteiger partial charge in [-0.25, -0.2) is 0 Å². The van der Waals surface area contributed by atoms with Crippen molar-refractivity contribution in [3.05, 3.63) is 34.3 Å². The molecule has 0 saturated carbocycles. The lowest BCUT2D eigenvalue weighted by Crippen LogP contribution is -2.28. The molecule has 3 heteroatoms. The highest BCUT2D eigenvalue weighted by Gasteiger charge is 2.30. The minimum absolute atomic E-state index is 0.0961. The number of nitrogens with one attached hydrogen (secondary N) is 1. The maximum Gasteiger partial charge on any atom is 0.167 e. The third kappa shape index (κ3) is 2.13. The number of Topliss-reactive ketones (excluding diaryl/α,β-unsaturated/α-hetero) is 1. The molecule has 16 heavy (non-hydrogen) atoms. The molecule has 0 amide bonds. The van der Waals surface area contributed by atoms with Crippen LogP contribution in [0.5, 0.6) is 0 Å². The number of halogens is 1. The van der Waals surface area contributed by atoms with Gasteiger partial charge in [-0.05, 0) is 38.4 Å². The molecule has 1 aliphatic heterocycles. The van der Waals surface area contributed by atoms with Crippen LogP contribution in [0, 0.1) is 12.8 Å². The molecule has 0 aromatic heterocycles. The lowest BCUT2D eigenvalue weighted by Gasteiger charge is -2.14. The normalized spacial score (nSPS) is 24.7. The van der Waals surface area contributed by atoms with Gasteiger partial charge in [0.05, 0.1) is 0 Å². The zero-order chi connectivity index (χ0) is 11.7. The Balaban J connectivity index is 2.23. The van der Waals surface area contributed by atoms with Crippen molar-refractivity contribution >= 4 is 17.4 Å². The fourth-order valence-corrected chi connectivity index (χ4v) is 2.36. The molecule has 1 aliphatic rings. The molecule has 1 fully saturated rings. The van der Waals surface area contributed by atoms with Crippen LogP contribution in [0.3, 0.4) is 0 Å². The summed E-state index contributed by atoms with van der Waals surface area (Å²) in [5.41, 5.74) is 1.74. The highest BCUT2D eigenvalue weighted by molar-refractivity contribution is 6.31. The first-order chi connectivity index (χ1) is 7.59. The van der Waals surface area contributed by atoms with Crippen LogP contribution >= 0.6 is 11.6 Å². The van der Waals surface area contributed by atoms with Crippen LogP contribution in [-0.4, -0.2) is 18.4 Å². The molecule has 0 bridgehead atoms. The number of aryl methyl sites for hydroxylation is 1. The summed E-state index contributed by atoms with van der Waals surface area (Å²) in [6.45, 7) is 4.93. The Hall–Kier alpha value is -0.860. The van der Waals surface area contributed by atoms with Gasteiger partial charge >= 0.3 is 0 Å². The van der Waals surface area contributed by atoms with E-state index in [1.54, 1.807) is 6.07 Å². The van der Waals surface area contributed by atoms with Crippen LogP contribution < -0.4 is 5.32 Å². The Bertz CT molecular complexity index is 416. The van der Waals surface area contributed by atoms with Crippen molar-refractivity contribution in [3.63, 3.8) is 0 Å². The number of carbonyl (C=O) groups is 1. The van der Waals surface area contributed by atoms with E-state index < -0.39 is 0 Å². The second-order valence-corrected chi connectivity index (χ2v) is 4.87. The van der Waals surface area contributed by atoms with Crippen LogP contribution in [0.15, 0.2) is 18.2 Å². The van der Waals surface area contributed by atoms with E-state index in [-0.39, 0.29) is 17.7 Å². The van der Waals surface area contributed by atoms with Gasteiger partial charge < -0.3 is 5.32 Å². The molecule has 1 aromatic rings. The molecule has 1 heterocycles. The first-order valence-electron chi connectivity index (χ1n) is 5.63. The molecule has 0 radical (unpaired) electrons. The van der Waals surface area contributed by atoms with Crippen LogP contribution in [0.2, 0.25) is 5.02 Å². The number of rotatable bonds is 2. The quantitative estimate of drug-likeness (QED) is 0.802. The van der Waals surface area contributed by atoms with E-state index in [0.717, 1.165) is 24.1 Å². The van der Waals surface area contributed by atoms with Crippen molar-refractivity contribution in [1.82, 2.24) is 5.32 Å². The highest BCUT2D eigenvalue weighted by Crippen LogP contribution is 2.23. The van der Waals surface area contributed by atoms with Gasteiger partial charge in [-0.1, -0.05) is 23.7 Å². The van der Waals surface area contributed by atoms with Crippen LogP contribution in [0.4, 0.5) is 0 Å².